The topological polar surface area (TPSA) is 78.5 Å². The molecule has 0 aromatic carbocycles. The van der Waals surface area contributed by atoms with Crippen molar-refractivity contribution in [3.63, 3.8) is 0 Å². The van der Waals surface area contributed by atoms with Gasteiger partial charge in [-0.3, -0.25) is 4.79 Å². The van der Waals surface area contributed by atoms with Crippen molar-refractivity contribution in [2.75, 3.05) is 33.2 Å². The summed E-state index contributed by atoms with van der Waals surface area (Å²) >= 11 is 1.14. The summed E-state index contributed by atoms with van der Waals surface area (Å²) in [6, 6.07) is 3.20. The van der Waals surface area contributed by atoms with Gasteiger partial charge >= 0.3 is 0 Å². The number of carbonyl (C=O) groups excluding carboxylic acids is 1. The van der Waals surface area contributed by atoms with Gasteiger partial charge in [0.05, 0.1) is 6.54 Å². The molecule has 0 aliphatic carbocycles. The molecule has 2 rings (SSSR count). The molecule has 1 aliphatic heterocycles. The molecule has 0 radical (unpaired) electrons. The SMILES string of the molecule is CNCC1CCN(C(=O)CNS(=O)(=O)c2cccs2)CC1.Cl. The number of nitrogens with zero attached hydrogens (tertiary/aromatic N) is 1. The van der Waals surface area contributed by atoms with Gasteiger partial charge in [-0.15, -0.1) is 23.7 Å². The number of thiophene rings is 1. The van der Waals surface area contributed by atoms with E-state index in [1.807, 2.05) is 7.05 Å². The molecule has 0 spiro atoms. The average Bonchev–Trinajstić information content (AvgIpc) is 3.01. The zero-order chi connectivity index (χ0) is 15.3. The smallest absolute Gasteiger partial charge is 0.250 e. The van der Waals surface area contributed by atoms with Gasteiger partial charge in [0.1, 0.15) is 4.21 Å². The van der Waals surface area contributed by atoms with E-state index in [9.17, 15) is 13.2 Å². The number of nitrogens with one attached hydrogen (secondary N) is 2. The van der Waals surface area contributed by atoms with Crippen LogP contribution in [0.1, 0.15) is 12.8 Å². The number of piperidine rings is 1. The number of rotatable bonds is 6. The van der Waals surface area contributed by atoms with Gasteiger partial charge in [0.25, 0.3) is 10.0 Å². The fourth-order valence-electron chi connectivity index (χ4n) is 2.43. The number of hydrogen-bond donors (Lipinski definition) is 2. The van der Waals surface area contributed by atoms with E-state index in [2.05, 4.69) is 10.0 Å². The number of likely N-dealkylation sites (tertiary alicyclic amines) is 1. The highest BCUT2D eigenvalue weighted by atomic mass is 35.5. The second-order valence-electron chi connectivity index (χ2n) is 5.14. The number of halogens is 1. The third-order valence-corrected chi connectivity index (χ3v) is 6.43. The molecular formula is C13H22ClN3O3S2. The second kappa shape index (κ2) is 8.83. The molecule has 22 heavy (non-hydrogen) atoms. The van der Waals surface area contributed by atoms with E-state index in [-0.39, 0.29) is 29.1 Å². The Hall–Kier alpha value is -0.670. The van der Waals surface area contributed by atoms with Crippen molar-refractivity contribution in [1.29, 1.82) is 0 Å². The first kappa shape index (κ1) is 19.4. The largest absolute Gasteiger partial charge is 0.342 e. The van der Waals surface area contributed by atoms with Gasteiger partial charge in [0, 0.05) is 13.1 Å². The Bertz CT molecular complexity index is 555. The Morgan fingerprint density at radius 1 is 1.41 bits per heavy atom. The van der Waals surface area contributed by atoms with Crippen LogP contribution >= 0.6 is 23.7 Å². The van der Waals surface area contributed by atoms with E-state index >= 15 is 0 Å². The quantitative estimate of drug-likeness (QED) is 0.783. The average molecular weight is 368 g/mol. The van der Waals surface area contributed by atoms with Crippen LogP contribution < -0.4 is 10.0 Å². The Balaban J connectivity index is 0.00000242. The van der Waals surface area contributed by atoms with E-state index in [1.165, 1.54) is 6.07 Å². The van der Waals surface area contributed by atoms with Gasteiger partial charge in [-0.1, -0.05) is 6.07 Å². The van der Waals surface area contributed by atoms with E-state index < -0.39 is 10.0 Å². The van der Waals surface area contributed by atoms with Gasteiger partial charge in [0.2, 0.25) is 5.91 Å². The molecule has 1 aromatic rings. The minimum absolute atomic E-state index is 0. The van der Waals surface area contributed by atoms with Crippen molar-refractivity contribution < 1.29 is 13.2 Å². The van der Waals surface area contributed by atoms with Crippen LogP contribution in [-0.2, 0) is 14.8 Å². The first-order chi connectivity index (χ1) is 10.0. The fraction of sp³-hybridized carbons (Fsp3) is 0.615. The summed E-state index contributed by atoms with van der Waals surface area (Å²) in [6.07, 6.45) is 1.93. The zero-order valence-corrected chi connectivity index (χ0v) is 14.9. The third kappa shape index (κ3) is 5.20. The van der Waals surface area contributed by atoms with Crippen molar-refractivity contribution in [2.24, 2.45) is 5.92 Å². The summed E-state index contributed by atoms with van der Waals surface area (Å²) in [7, 11) is -1.63. The summed E-state index contributed by atoms with van der Waals surface area (Å²) < 4.78 is 26.5. The number of hydrogen-bond acceptors (Lipinski definition) is 5. The molecule has 1 aliphatic rings. The maximum atomic E-state index is 12.1. The Morgan fingerprint density at radius 2 is 2.09 bits per heavy atom. The van der Waals surface area contributed by atoms with Crippen LogP contribution in [0.2, 0.25) is 0 Å². The van der Waals surface area contributed by atoms with Gasteiger partial charge in [-0.25, -0.2) is 13.1 Å². The zero-order valence-electron chi connectivity index (χ0n) is 12.4. The molecule has 6 nitrogen and oxygen atoms in total. The van der Waals surface area contributed by atoms with Crippen molar-refractivity contribution in [3.05, 3.63) is 17.5 Å². The Kier molecular flexibility index (Phi) is 7.78. The van der Waals surface area contributed by atoms with Crippen LogP contribution in [0.25, 0.3) is 0 Å². The molecule has 2 N–H and O–H groups in total. The third-order valence-electron chi connectivity index (χ3n) is 3.63. The normalized spacial score (nSPS) is 16.3. The van der Waals surface area contributed by atoms with Crippen molar-refractivity contribution in [2.45, 2.75) is 17.1 Å². The molecule has 1 aromatic heterocycles. The molecule has 9 heteroatoms. The summed E-state index contributed by atoms with van der Waals surface area (Å²) in [5, 5.41) is 4.85. The first-order valence-electron chi connectivity index (χ1n) is 6.98. The standard InChI is InChI=1S/C13H21N3O3S2.ClH/c1-14-9-11-4-6-16(7-5-11)12(17)10-15-21(18,19)13-3-2-8-20-13;/h2-3,8,11,14-15H,4-7,9-10H2,1H3;1H. The molecular weight excluding hydrogens is 346 g/mol. The van der Waals surface area contributed by atoms with Gasteiger partial charge in [-0.05, 0) is 43.8 Å². The molecule has 0 unspecified atom stereocenters. The minimum atomic E-state index is -3.56. The Morgan fingerprint density at radius 3 is 2.64 bits per heavy atom. The molecule has 1 amide bonds. The van der Waals surface area contributed by atoms with E-state index in [4.69, 9.17) is 0 Å². The lowest BCUT2D eigenvalue weighted by Crippen LogP contribution is -2.45. The van der Waals surface area contributed by atoms with Crippen LogP contribution in [0, 0.1) is 5.92 Å². The monoisotopic (exact) mass is 367 g/mol. The first-order valence-corrected chi connectivity index (χ1v) is 9.35. The molecule has 1 saturated heterocycles. The highest BCUT2D eigenvalue weighted by molar-refractivity contribution is 7.91. The maximum Gasteiger partial charge on any atom is 0.250 e. The van der Waals surface area contributed by atoms with Crippen molar-refractivity contribution in [3.8, 4) is 0 Å². The maximum absolute atomic E-state index is 12.1. The summed E-state index contributed by atoms with van der Waals surface area (Å²) in [4.78, 5) is 13.8. The molecule has 126 valence electrons. The molecule has 0 saturated carbocycles. The van der Waals surface area contributed by atoms with E-state index in [0.29, 0.717) is 19.0 Å². The number of carbonyl (C=O) groups is 1. The summed E-state index contributed by atoms with van der Waals surface area (Å²) in [6.45, 7) is 2.20. The van der Waals surface area contributed by atoms with E-state index in [1.54, 1.807) is 16.3 Å². The lowest BCUT2D eigenvalue weighted by molar-refractivity contribution is -0.131. The molecule has 1 fully saturated rings. The van der Waals surface area contributed by atoms with E-state index in [0.717, 1.165) is 30.7 Å². The van der Waals surface area contributed by atoms with Crippen LogP contribution in [0.15, 0.2) is 21.7 Å². The van der Waals surface area contributed by atoms with Crippen LogP contribution in [0.5, 0.6) is 0 Å². The molecule has 0 atom stereocenters. The predicted octanol–water partition coefficient (Wildman–Crippen LogP) is 0.906. The van der Waals surface area contributed by atoms with Crippen LogP contribution in [0.3, 0.4) is 0 Å². The predicted molar refractivity (Wildman–Crippen MR) is 90.0 cm³/mol. The van der Waals surface area contributed by atoms with Gasteiger partial charge < -0.3 is 10.2 Å². The highest BCUT2D eigenvalue weighted by Crippen LogP contribution is 2.17. The van der Waals surface area contributed by atoms with Gasteiger partial charge in [0.15, 0.2) is 0 Å². The second-order valence-corrected chi connectivity index (χ2v) is 8.08. The molecule has 2 heterocycles. The number of sulfonamides is 1. The Labute approximate surface area is 141 Å². The van der Waals surface area contributed by atoms with Crippen LogP contribution in [0.4, 0.5) is 0 Å². The van der Waals surface area contributed by atoms with Crippen molar-refractivity contribution in [1.82, 2.24) is 14.9 Å². The van der Waals surface area contributed by atoms with Crippen molar-refractivity contribution >= 4 is 39.7 Å². The lowest BCUT2D eigenvalue weighted by atomic mass is 9.97. The minimum Gasteiger partial charge on any atom is -0.342 e. The lowest BCUT2D eigenvalue weighted by Gasteiger charge is -2.32. The highest BCUT2D eigenvalue weighted by Gasteiger charge is 2.24. The molecule has 0 bridgehead atoms. The summed E-state index contributed by atoms with van der Waals surface area (Å²) in [5.74, 6) is 0.444. The van der Waals surface area contributed by atoms with Crippen LogP contribution in [-0.4, -0.2) is 52.5 Å². The fourth-order valence-corrected chi connectivity index (χ4v) is 4.44. The van der Waals surface area contributed by atoms with Gasteiger partial charge in [-0.2, -0.15) is 0 Å². The number of amides is 1. The summed E-state index contributed by atoms with van der Waals surface area (Å²) in [5.41, 5.74) is 0.